The van der Waals surface area contributed by atoms with Crippen molar-refractivity contribution in [1.82, 2.24) is 0 Å². The number of carbonyl (C=O) groups excluding carboxylic acids is 2. The van der Waals surface area contributed by atoms with Crippen LogP contribution in [0.4, 0.5) is 0 Å². The van der Waals surface area contributed by atoms with Crippen LogP contribution in [0.1, 0.15) is 74.7 Å². The molecule has 5 nitrogen and oxygen atoms in total. The lowest BCUT2D eigenvalue weighted by atomic mass is 9.91. The number of hydrogen-bond acceptors (Lipinski definition) is 5. The quantitative estimate of drug-likeness (QED) is 0.686. The molecule has 0 aromatic heterocycles. The van der Waals surface area contributed by atoms with Crippen LogP contribution in [0.3, 0.4) is 0 Å². The van der Waals surface area contributed by atoms with Gasteiger partial charge in [0.05, 0.1) is 23.5 Å². The Morgan fingerprint density at radius 2 is 1.30 bits per heavy atom. The van der Waals surface area contributed by atoms with Crippen LogP contribution < -0.4 is 0 Å². The van der Waals surface area contributed by atoms with E-state index in [1.165, 1.54) is 0 Å². The Bertz CT molecular complexity index is 345. The highest BCUT2D eigenvalue weighted by Crippen LogP contribution is 2.22. The summed E-state index contributed by atoms with van der Waals surface area (Å²) in [6.07, 6.45) is 1.88. The number of ether oxygens (including phenoxy) is 2. The molecule has 0 fully saturated rings. The molecule has 1 N–H and O–H groups in total. The molecule has 0 amide bonds. The van der Waals surface area contributed by atoms with Crippen LogP contribution in [0.15, 0.2) is 0 Å². The van der Waals surface area contributed by atoms with E-state index in [1.807, 2.05) is 48.5 Å². The van der Waals surface area contributed by atoms with Gasteiger partial charge in [-0.1, -0.05) is 20.8 Å². The second-order valence-corrected chi connectivity index (χ2v) is 7.06. The first-order valence-electron chi connectivity index (χ1n) is 8.47. The average molecular weight is 332 g/mol. The molecule has 0 saturated carbocycles. The van der Waals surface area contributed by atoms with Gasteiger partial charge in [0.15, 0.2) is 0 Å². The minimum Gasteiger partial charge on any atom is -0.465 e. The van der Waals surface area contributed by atoms with Crippen LogP contribution in [0.2, 0.25) is 0 Å². The van der Waals surface area contributed by atoms with E-state index >= 15 is 0 Å². The lowest BCUT2D eigenvalue weighted by Crippen LogP contribution is -2.28. The van der Waals surface area contributed by atoms with Crippen molar-refractivity contribution in [3.63, 3.8) is 0 Å². The molecular weight excluding hydrogens is 296 g/mol. The van der Waals surface area contributed by atoms with Crippen molar-refractivity contribution in [3.05, 3.63) is 0 Å². The van der Waals surface area contributed by atoms with Crippen molar-refractivity contribution in [1.29, 1.82) is 0 Å². The maximum absolute atomic E-state index is 11.3. The van der Waals surface area contributed by atoms with Crippen LogP contribution in [0.5, 0.6) is 0 Å². The van der Waals surface area contributed by atoms with E-state index in [9.17, 15) is 9.59 Å². The molecule has 0 spiro atoms. The van der Waals surface area contributed by atoms with E-state index in [0.29, 0.717) is 6.61 Å². The Kier molecular flexibility index (Phi) is 12.0. The van der Waals surface area contributed by atoms with Crippen molar-refractivity contribution in [2.24, 2.45) is 10.8 Å². The number of carbonyl (C=O) groups is 2. The molecule has 0 heterocycles. The standard InChI is InChI=1S/C9H18O3.C9H18O2/c1-5-9(3,4)8(11)12-6-7(2)10;1-5-7-11-8(10)9(3,4)6-2/h7,10H,5-6H2,1-4H3;5-7H2,1-4H3. The smallest absolute Gasteiger partial charge is 0.311 e. The van der Waals surface area contributed by atoms with E-state index in [2.05, 4.69) is 0 Å². The van der Waals surface area contributed by atoms with Crippen LogP contribution in [-0.2, 0) is 19.1 Å². The number of hydrogen-bond donors (Lipinski definition) is 1. The fourth-order valence-corrected chi connectivity index (χ4v) is 1.07. The van der Waals surface area contributed by atoms with Crippen molar-refractivity contribution >= 4 is 11.9 Å². The first kappa shape index (κ1) is 24.2. The molecule has 0 rings (SSSR count). The fraction of sp³-hybridized carbons (Fsp3) is 0.889. The molecule has 0 radical (unpaired) electrons. The largest absolute Gasteiger partial charge is 0.465 e. The Labute approximate surface area is 141 Å². The van der Waals surface area contributed by atoms with E-state index in [-0.39, 0.29) is 24.0 Å². The van der Waals surface area contributed by atoms with Crippen molar-refractivity contribution in [3.8, 4) is 0 Å². The summed E-state index contributed by atoms with van der Waals surface area (Å²) >= 11 is 0. The van der Waals surface area contributed by atoms with Gasteiger partial charge >= 0.3 is 11.9 Å². The number of esters is 2. The molecule has 5 heteroatoms. The van der Waals surface area contributed by atoms with E-state index in [1.54, 1.807) is 6.92 Å². The first-order chi connectivity index (χ1) is 10.4. The Hall–Kier alpha value is -1.10. The van der Waals surface area contributed by atoms with E-state index in [0.717, 1.165) is 19.3 Å². The van der Waals surface area contributed by atoms with Crippen molar-refractivity contribution < 1.29 is 24.2 Å². The number of aliphatic hydroxyl groups excluding tert-OH is 1. The molecule has 0 aliphatic heterocycles. The third kappa shape index (κ3) is 11.1. The molecule has 0 aromatic carbocycles. The molecule has 23 heavy (non-hydrogen) atoms. The molecule has 0 saturated heterocycles. The van der Waals surface area contributed by atoms with Crippen molar-refractivity contribution in [2.45, 2.75) is 80.8 Å². The maximum Gasteiger partial charge on any atom is 0.311 e. The zero-order valence-electron chi connectivity index (χ0n) is 16.2. The highest BCUT2D eigenvalue weighted by atomic mass is 16.5. The molecule has 0 aliphatic carbocycles. The predicted octanol–water partition coefficient (Wildman–Crippen LogP) is 3.72. The minimum absolute atomic E-state index is 0.0816. The monoisotopic (exact) mass is 332 g/mol. The van der Waals surface area contributed by atoms with Gasteiger partial charge in [-0.25, -0.2) is 0 Å². The predicted molar refractivity (Wildman–Crippen MR) is 92.0 cm³/mol. The minimum atomic E-state index is -0.582. The SMILES string of the molecule is CCC(C)(C)C(=O)OCC(C)O.CCCOC(=O)C(C)(C)CC. The summed E-state index contributed by atoms with van der Waals surface area (Å²) in [5.74, 6) is -0.326. The lowest BCUT2D eigenvalue weighted by molar-refractivity contribution is -0.157. The Morgan fingerprint density at radius 1 is 0.913 bits per heavy atom. The van der Waals surface area contributed by atoms with Crippen LogP contribution >= 0.6 is 0 Å². The fourth-order valence-electron chi connectivity index (χ4n) is 1.07. The second kappa shape index (κ2) is 11.4. The van der Waals surface area contributed by atoms with Crippen LogP contribution in [0.25, 0.3) is 0 Å². The normalized spacial score (nSPS) is 12.7. The van der Waals surface area contributed by atoms with Crippen LogP contribution in [-0.4, -0.2) is 36.4 Å². The van der Waals surface area contributed by atoms with Gasteiger partial charge in [-0.05, 0) is 53.9 Å². The average Bonchev–Trinajstić information content (AvgIpc) is 2.50. The topological polar surface area (TPSA) is 72.8 Å². The molecule has 0 aromatic rings. The summed E-state index contributed by atoms with van der Waals surface area (Å²) < 4.78 is 9.88. The molecule has 138 valence electrons. The summed E-state index contributed by atoms with van der Waals surface area (Å²) in [4.78, 5) is 22.5. The zero-order valence-corrected chi connectivity index (χ0v) is 16.2. The summed E-state index contributed by atoms with van der Waals surface area (Å²) in [7, 11) is 0. The first-order valence-corrected chi connectivity index (χ1v) is 8.47. The van der Waals surface area contributed by atoms with E-state index in [4.69, 9.17) is 14.6 Å². The van der Waals surface area contributed by atoms with Gasteiger partial charge in [0.1, 0.15) is 6.61 Å². The summed E-state index contributed by atoms with van der Waals surface area (Å²) in [6, 6.07) is 0. The lowest BCUT2D eigenvalue weighted by Gasteiger charge is -2.20. The highest BCUT2D eigenvalue weighted by Gasteiger charge is 2.27. The zero-order chi connectivity index (χ0) is 18.7. The number of aliphatic hydroxyl groups is 1. The third-order valence-corrected chi connectivity index (χ3v) is 3.77. The van der Waals surface area contributed by atoms with Gasteiger partial charge in [-0.15, -0.1) is 0 Å². The number of rotatable bonds is 8. The molecule has 1 unspecified atom stereocenters. The molecule has 0 bridgehead atoms. The summed E-state index contributed by atoms with van der Waals surface area (Å²) in [5.41, 5.74) is -0.746. The van der Waals surface area contributed by atoms with Gasteiger partial charge in [0.2, 0.25) is 0 Å². The van der Waals surface area contributed by atoms with Gasteiger partial charge in [-0.3, -0.25) is 9.59 Å². The van der Waals surface area contributed by atoms with Gasteiger partial charge in [-0.2, -0.15) is 0 Å². The van der Waals surface area contributed by atoms with Gasteiger partial charge < -0.3 is 14.6 Å². The van der Waals surface area contributed by atoms with Gasteiger partial charge in [0, 0.05) is 0 Å². The maximum atomic E-state index is 11.3. The highest BCUT2D eigenvalue weighted by molar-refractivity contribution is 5.76. The second-order valence-electron chi connectivity index (χ2n) is 7.06. The summed E-state index contributed by atoms with van der Waals surface area (Å²) in [5, 5.41) is 8.86. The molecule has 0 aliphatic rings. The van der Waals surface area contributed by atoms with Crippen molar-refractivity contribution in [2.75, 3.05) is 13.2 Å². The van der Waals surface area contributed by atoms with E-state index < -0.39 is 11.5 Å². The molecular formula is C18H36O5. The summed E-state index contributed by atoms with van der Waals surface area (Å²) in [6.45, 7) is 15.6. The third-order valence-electron chi connectivity index (χ3n) is 3.77. The van der Waals surface area contributed by atoms with Crippen LogP contribution in [0, 0.1) is 10.8 Å². The Balaban J connectivity index is 0. The molecule has 1 atom stereocenters. The Morgan fingerprint density at radius 3 is 1.61 bits per heavy atom. The van der Waals surface area contributed by atoms with Gasteiger partial charge in [0.25, 0.3) is 0 Å².